The van der Waals surface area contributed by atoms with Gasteiger partial charge in [0.2, 0.25) is 5.91 Å². The van der Waals surface area contributed by atoms with Gasteiger partial charge in [-0.15, -0.1) is 10.2 Å². The molecular formula is C25H28N4O. The molecule has 0 N–H and O–H groups in total. The minimum Gasteiger partial charge on any atom is -0.354 e. The lowest BCUT2D eigenvalue weighted by Gasteiger charge is -2.34. The molecule has 5 heteroatoms. The third kappa shape index (κ3) is 4.51. The zero-order valence-corrected chi connectivity index (χ0v) is 17.7. The van der Waals surface area contributed by atoms with Crippen LogP contribution in [0.4, 0.5) is 5.82 Å². The second-order valence-corrected chi connectivity index (χ2v) is 8.06. The SMILES string of the molecule is Cc1ccccc1-c1ccc(N2CCC[C@H](C(=O)N(C)Cc3ccccc3)C2)nn1. The van der Waals surface area contributed by atoms with Crippen LogP contribution in [0.1, 0.15) is 24.0 Å². The van der Waals surface area contributed by atoms with Crippen molar-refractivity contribution in [2.45, 2.75) is 26.3 Å². The highest BCUT2D eigenvalue weighted by atomic mass is 16.2. The Kier molecular flexibility index (Phi) is 6.07. The summed E-state index contributed by atoms with van der Waals surface area (Å²) in [6, 6.07) is 22.4. The Morgan fingerprint density at radius 3 is 2.53 bits per heavy atom. The van der Waals surface area contributed by atoms with E-state index in [-0.39, 0.29) is 11.8 Å². The largest absolute Gasteiger partial charge is 0.354 e. The fourth-order valence-electron chi connectivity index (χ4n) is 4.13. The second kappa shape index (κ2) is 9.08. The molecule has 1 aromatic heterocycles. The van der Waals surface area contributed by atoms with E-state index < -0.39 is 0 Å². The van der Waals surface area contributed by atoms with E-state index >= 15 is 0 Å². The number of amides is 1. The van der Waals surface area contributed by atoms with Crippen LogP contribution in [0.15, 0.2) is 66.7 Å². The standard InChI is InChI=1S/C25H28N4O/c1-19-9-6-7-13-22(19)23-14-15-24(27-26-23)29-16-8-12-21(18-29)25(30)28(2)17-20-10-4-3-5-11-20/h3-7,9-11,13-15,21H,8,12,16-18H2,1-2H3/t21-/m0/s1. The molecular weight excluding hydrogens is 372 g/mol. The van der Waals surface area contributed by atoms with Gasteiger partial charge in [-0.25, -0.2) is 0 Å². The van der Waals surface area contributed by atoms with E-state index in [0.29, 0.717) is 13.1 Å². The molecule has 1 fully saturated rings. The molecule has 0 saturated carbocycles. The first-order chi connectivity index (χ1) is 14.6. The molecule has 0 spiro atoms. The van der Waals surface area contributed by atoms with Crippen molar-refractivity contribution in [3.8, 4) is 11.3 Å². The lowest BCUT2D eigenvalue weighted by Crippen LogP contribution is -2.43. The van der Waals surface area contributed by atoms with E-state index in [9.17, 15) is 4.79 Å². The van der Waals surface area contributed by atoms with Crippen LogP contribution in [0.3, 0.4) is 0 Å². The Labute approximate surface area is 178 Å². The molecule has 0 unspecified atom stereocenters. The Morgan fingerprint density at radius 2 is 1.80 bits per heavy atom. The average Bonchev–Trinajstić information content (AvgIpc) is 2.80. The van der Waals surface area contributed by atoms with E-state index in [4.69, 9.17) is 0 Å². The van der Waals surface area contributed by atoms with Crippen LogP contribution in [0.5, 0.6) is 0 Å². The number of carbonyl (C=O) groups excluding carboxylic acids is 1. The average molecular weight is 401 g/mol. The van der Waals surface area contributed by atoms with Gasteiger partial charge < -0.3 is 9.80 Å². The molecule has 0 bridgehead atoms. The quantitative estimate of drug-likeness (QED) is 0.640. The minimum atomic E-state index is -0.00898. The summed E-state index contributed by atoms with van der Waals surface area (Å²) in [5, 5.41) is 8.94. The van der Waals surface area contributed by atoms with Crippen LogP contribution < -0.4 is 4.90 Å². The van der Waals surface area contributed by atoms with Gasteiger partial charge in [0.25, 0.3) is 0 Å². The molecule has 154 valence electrons. The summed E-state index contributed by atoms with van der Waals surface area (Å²) in [6.07, 6.45) is 1.90. The van der Waals surface area contributed by atoms with E-state index in [1.54, 1.807) is 0 Å². The molecule has 1 aliphatic rings. The number of carbonyl (C=O) groups is 1. The van der Waals surface area contributed by atoms with Crippen molar-refractivity contribution in [3.05, 3.63) is 77.9 Å². The Morgan fingerprint density at radius 1 is 1.03 bits per heavy atom. The van der Waals surface area contributed by atoms with E-state index in [1.807, 2.05) is 54.4 Å². The lowest BCUT2D eigenvalue weighted by molar-refractivity contribution is -0.135. The maximum atomic E-state index is 13.0. The van der Waals surface area contributed by atoms with Gasteiger partial charge in [0.05, 0.1) is 11.6 Å². The lowest BCUT2D eigenvalue weighted by atomic mass is 9.96. The molecule has 1 atom stereocenters. The Bertz CT molecular complexity index is 988. The molecule has 0 aliphatic carbocycles. The number of aryl methyl sites for hydroxylation is 1. The number of rotatable bonds is 5. The highest BCUT2D eigenvalue weighted by molar-refractivity contribution is 5.79. The first-order valence-electron chi connectivity index (χ1n) is 10.6. The van der Waals surface area contributed by atoms with Gasteiger partial charge in [0, 0.05) is 32.2 Å². The van der Waals surface area contributed by atoms with E-state index in [0.717, 1.165) is 42.0 Å². The zero-order valence-electron chi connectivity index (χ0n) is 17.7. The molecule has 1 amide bonds. The summed E-state index contributed by atoms with van der Waals surface area (Å²) < 4.78 is 0. The maximum absolute atomic E-state index is 13.0. The van der Waals surface area contributed by atoms with Crippen molar-refractivity contribution in [2.24, 2.45) is 5.92 Å². The highest BCUT2D eigenvalue weighted by Gasteiger charge is 2.28. The van der Waals surface area contributed by atoms with Gasteiger partial charge in [-0.3, -0.25) is 4.79 Å². The monoisotopic (exact) mass is 400 g/mol. The zero-order chi connectivity index (χ0) is 20.9. The Hall–Kier alpha value is -3.21. The van der Waals surface area contributed by atoms with Gasteiger partial charge in [-0.1, -0.05) is 54.6 Å². The molecule has 4 rings (SSSR count). The fraction of sp³-hybridized carbons (Fsp3) is 0.320. The minimum absolute atomic E-state index is 0.00898. The number of aromatic nitrogens is 2. The third-order valence-corrected chi connectivity index (χ3v) is 5.80. The van der Waals surface area contributed by atoms with Crippen molar-refractivity contribution < 1.29 is 4.79 Å². The van der Waals surface area contributed by atoms with Gasteiger partial charge in [0.15, 0.2) is 5.82 Å². The first-order valence-corrected chi connectivity index (χ1v) is 10.6. The normalized spacial score (nSPS) is 16.3. The second-order valence-electron chi connectivity index (χ2n) is 8.06. The summed E-state index contributed by atoms with van der Waals surface area (Å²) in [7, 11) is 1.89. The third-order valence-electron chi connectivity index (χ3n) is 5.80. The van der Waals surface area contributed by atoms with Crippen LogP contribution in [0.2, 0.25) is 0 Å². The van der Waals surface area contributed by atoms with E-state index in [1.165, 1.54) is 5.56 Å². The fourth-order valence-corrected chi connectivity index (χ4v) is 4.13. The first kappa shape index (κ1) is 20.1. The van der Waals surface area contributed by atoms with Gasteiger partial charge >= 0.3 is 0 Å². The van der Waals surface area contributed by atoms with Crippen LogP contribution >= 0.6 is 0 Å². The molecule has 1 saturated heterocycles. The van der Waals surface area contributed by atoms with Crippen molar-refractivity contribution in [2.75, 3.05) is 25.0 Å². The van der Waals surface area contributed by atoms with Crippen molar-refractivity contribution in [3.63, 3.8) is 0 Å². The van der Waals surface area contributed by atoms with Gasteiger partial charge in [0.1, 0.15) is 0 Å². The highest BCUT2D eigenvalue weighted by Crippen LogP contribution is 2.25. The summed E-state index contributed by atoms with van der Waals surface area (Å²) in [5.41, 5.74) is 4.32. The summed E-state index contributed by atoms with van der Waals surface area (Å²) in [5.74, 6) is 1.04. The Balaban J connectivity index is 1.42. The van der Waals surface area contributed by atoms with Crippen molar-refractivity contribution in [1.82, 2.24) is 15.1 Å². The van der Waals surface area contributed by atoms with E-state index in [2.05, 4.69) is 46.3 Å². The van der Waals surface area contributed by atoms with Crippen LogP contribution in [0.25, 0.3) is 11.3 Å². The number of hydrogen-bond acceptors (Lipinski definition) is 4. The van der Waals surface area contributed by atoms with Crippen LogP contribution in [0, 0.1) is 12.8 Å². The summed E-state index contributed by atoms with van der Waals surface area (Å²) in [6.45, 7) is 4.32. The molecule has 5 nitrogen and oxygen atoms in total. The summed E-state index contributed by atoms with van der Waals surface area (Å²) >= 11 is 0. The number of benzene rings is 2. The van der Waals surface area contributed by atoms with Gasteiger partial charge in [-0.2, -0.15) is 0 Å². The van der Waals surface area contributed by atoms with Crippen molar-refractivity contribution >= 4 is 11.7 Å². The number of piperidine rings is 1. The molecule has 30 heavy (non-hydrogen) atoms. The van der Waals surface area contributed by atoms with Crippen molar-refractivity contribution in [1.29, 1.82) is 0 Å². The predicted molar refractivity (Wildman–Crippen MR) is 120 cm³/mol. The molecule has 3 aromatic rings. The smallest absolute Gasteiger partial charge is 0.227 e. The number of hydrogen-bond donors (Lipinski definition) is 0. The number of anilines is 1. The molecule has 1 aliphatic heterocycles. The topological polar surface area (TPSA) is 49.3 Å². The number of nitrogens with zero attached hydrogens (tertiary/aromatic N) is 4. The van der Waals surface area contributed by atoms with Crippen LogP contribution in [-0.2, 0) is 11.3 Å². The molecule has 2 heterocycles. The van der Waals surface area contributed by atoms with Gasteiger partial charge in [-0.05, 0) is 43.0 Å². The molecule has 0 radical (unpaired) electrons. The summed E-state index contributed by atoms with van der Waals surface area (Å²) in [4.78, 5) is 17.1. The predicted octanol–water partition coefficient (Wildman–Crippen LogP) is 4.33. The molecule has 2 aromatic carbocycles. The van der Waals surface area contributed by atoms with Crippen LogP contribution in [-0.4, -0.2) is 41.1 Å². The maximum Gasteiger partial charge on any atom is 0.227 e.